The zero-order chi connectivity index (χ0) is 10.7. The number of piperazine rings is 1. The molecule has 5 nitrogen and oxygen atoms in total. The fourth-order valence-electron chi connectivity index (χ4n) is 1.78. The predicted octanol–water partition coefficient (Wildman–Crippen LogP) is -0.0965. The van der Waals surface area contributed by atoms with Gasteiger partial charge in [-0.05, 0) is 0 Å². The Hall–Kier alpha value is -0.780. The molecule has 1 saturated heterocycles. The third-order valence-corrected chi connectivity index (χ3v) is 3.12. The number of nitrogens with one attached hydrogen (secondary N) is 2. The number of methoxy groups -OCH3 is 1. The van der Waals surface area contributed by atoms with E-state index in [1.165, 1.54) is 0 Å². The minimum atomic E-state index is -0.873. The Morgan fingerprint density at radius 2 is 2.27 bits per heavy atom. The first-order chi connectivity index (χ1) is 7.27. The van der Waals surface area contributed by atoms with Crippen LogP contribution in [0.15, 0.2) is 17.0 Å². The first kappa shape index (κ1) is 10.7. The van der Waals surface area contributed by atoms with Crippen LogP contribution in [0.5, 0.6) is 0 Å². The molecule has 2 heterocycles. The molecule has 84 valence electrons. The van der Waals surface area contributed by atoms with E-state index in [0.717, 1.165) is 26.2 Å². The molecule has 1 atom stereocenters. The third kappa shape index (κ3) is 1.95. The Kier molecular flexibility index (Phi) is 3.14. The van der Waals surface area contributed by atoms with Crippen LogP contribution in [0.4, 0.5) is 0 Å². The number of hydrogen-bond acceptors (Lipinski definition) is 5. The van der Waals surface area contributed by atoms with Gasteiger partial charge in [0.25, 0.3) is 0 Å². The van der Waals surface area contributed by atoms with Crippen molar-refractivity contribution >= 4 is 17.9 Å². The molecule has 2 rings (SSSR count). The van der Waals surface area contributed by atoms with Gasteiger partial charge in [0.2, 0.25) is 5.12 Å². The Morgan fingerprint density at radius 1 is 1.53 bits per heavy atom. The Labute approximate surface area is 94.1 Å². The smallest absolute Gasteiger partial charge is 0.250 e. The number of alkyl halides is 1. The monoisotopic (exact) mass is 230 g/mol. The van der Waals surface area contributed by atoms with Crippen LogP contribution in [0.3, 0.4) is 0 Å². The second-order valence-corrected chi connectivity index (χ2v) is 3.99. The lowest BCUT2D eigenvalue weighted by Gasteiger charge is -2.39. The molecule has 0 aliphatic carbocycles. The van der Waals surface area contributed by atoms with Crippen molar-refractivity contribution in [3.8, 4) is 0 Å². The molecule has 2 N–H and O–H groups in total. The van der Waals surface area contributed by atoms with Gasteiger partial charge < -0.3 is 15.4 Å². The molecule has 2 aliphatic heterocycles. The maximum atomic E-state index is 6.49. The van der Waals surface area contributed by atoms with E-state index in [1.807, 2.05) is 0 Å². The van der Waals surface area contributed by atoms with Crippen LogP contribution in [0.1, 0.15) is 0 Å². The Balaban J connectivity index is 2.18. The molecule has 2 aliphatic rings. The summed E-state index contributed by atoms with van der Waals surface area (Å²) in [4.78, 5) is 6.37. The van der Waals surface area contributed by atoms with Crippen LogP contribution in [0.2, 0.25) is 0 Å². The molecule has 0 aromatic rings. The minimum absolute atomic E-state index is 0.633. The molecule has 0 aromatic heterocycles. The summed E-state index contributed by atoms with van der Waals surface area (Å²) in [5.41, 5.74) is 0. The van der Waals surface area contributed by atoms with Crippen LogP contribution >= 0.6 is 11.6 Å². The van der Waals surface area contributed by atoms with Crippen molar-refractivity contribution in [1.29, 1.82) is 0 Å². The first-order valence-electron chi connectivity index (χ1n) is 4.96. The molecule has 15 heavy (non-hydrogen) atoms. The maximum absolute atomic E-state index is 6.49. The number of halogens is 1. The summed E-state index contributed by atoms with van der Waals surface area (Å²) in [5, 5.41) is 5.28. The van der Waals surface area contributed by atoms with E-state index in [1.54, 1.807) is 19.6 Å². The van der Waals surface area contributed by atoms with E-state index in [-0.39, 0.29) is 0 Å². The Bertz CT molecular complexity index is 288. The number of aliphatic imine (C=N–C) groups is 1. The molecule has 1 unspecified atom stereocenters. The van der Waals surface area contributed by atoms with Crippen LogP contribution < -0.4 is 10.6 Å². The van der Waals surface area contributed by atoms with Crippen LogP contribution in [-0.4, -0.2) is 49.6 Å². The van der Waals surface area contributed by atoms with Gasteiger partial charge in [-0.3, -0.25) is 4.90 Å². The van der Waals surface area contributed by atoms with Crippen molar-refractivity contribution in [3.05, 3.63) is 12.0 Å². The topological polar surface area (TPSA) is 48.9 Å². The van der Waals surface area contributed by atoms with Gasteiger partial charge in [-0.2, -0.15) is 0 Å². The van der Waals surface area contributed by atoms with Crippen LogP contribution in [0, 0.1) is 0 Å². The largest absolute Gasteiger partial charge is 0.494 e. The second kappa shape index (κ2) is 4.38. The lowest BCUT2D eigenvalue weighted by Crippen LogP contribution is -2.54. The van der Waals surface area contributed by atoms with E-state index in [9.17, 15) is 0 Å². The molecule has 0 spiro atoms. The molecule has 6 heteroatoms. The van der Waals surface area contributed by atoms with E-state index >= 15 is 0 Å². The SMILES string of the molecule is COC1=CNC=NC1(Cl)N1CCNCC1. The van der Waals surface area contributed by atoms with Crippen molar-refractivity contribution in [2.45, 2.75) is 5.12 Å². The average Bonchev–Trinajstić information content (AvgIpc) is 2.31. The second-order valence-electron chi connectivity index (χ2n) is 3.46. The summed E-state index contributed by atoms with van der Waals surface area (Å²) >= 11 is 6.49. The zero-order valence-corrected chi connectivity index (χ0v) is 9.42. The fraction of sp³-hybridized carbons (Fsp3) is 0.667. The number of nitrogens with zero attached hydrogens (tertiary/aromatic N) is 2. The van der Waals surface area contributed by atoms with Gasteiger partial charge in [0, 0.05) is 32.4 Å². The van der Waals surface area contributed by atoms with E-state index in [2.05, 4.69) is 20.5 Å². The normalized spacial score (nSPS) is 32.0. The lowest BCUT2D eigenvalue weighted by molar-refractivity contribution is 0.112. The van der Waals surface area contributed by atoms with Crippen molar-refractivity contribution in [1.82, 2.24) is 15.5 Å². The van der Waals surface area contributed by atoms with Gasteiger partial charge in [0.1, 0.15) is 0 Å². The summed E-state index contributed by atoms with van der Waals surface area (Å²) < 4.78 is 5.25. The molecule has 0 aromatic carbocycles. The van der Waals surface area contributed by atoms with Crippen molar-refractivity contribution in [2.75, 3.05) is 33.3 Å². The summed E-state index contributed by atoms with van der Waals surface area (Å²) in [5.74, 6) is 0.633. The summed E-state index contributed by atoms with van der Waals surface area (Å²) in [6.07, 6.45) is 3.33. The van der Waals surface area contributed by atoms with Gasteiger partial charge in [-0.25, -0.2) is 4.99 Å². The quantitative estimate of drug-likeness (QED) is 0.514. The molecule has 0 bridgehead atoms. The van der Waals surface area contributed by atoms with Gasteiger partial charge in [-0.1, -0.05) is 11.6 Å². The fourth-order valence-corrected chi connectivity index (χ4v) is 2.13. The van der Waals surface area contributed by atoms with Crippen LogP contribution in [-0.2, 0) is 4.74 Å². The van der Waals surface area contributed by atoms with Gasteiger partial charge in [-0.15, -0.1) is 0 Å². The highest BCUT2D eigenvalue weighted by atomic mass is 35.5. The van der Waals surface area contributed by atoms with Crippen LogP contribution in [0.25, 0.3) is 0 Å². The van der Waals surface area contributed by atoms with Gasteiger partial charge in [0.15, 0.2) is 5.76 Å². The minimum Gasteiger partial charge on any atom is -0.494 e. The van der Waals surface area contributed by atoms with Crippen molar-refractivity contribution < 1.29 is 4.74 Å². The highest BCUT2D eigenvalue weighted by Crippen LogP contribution is 2.32. The highest BCUT2D eigenvalue weighted by Gasteiger charge is 2.41. The molecule has 1 fully saturated rings. The summed E-state index contributed by atoms with van der Waals surface area (Å²) in [6, 6.07) is 0. The molecular formula is C9H15ClN4O. The molecule has 0 amide bonds. The summed E-state index contributed by atoms with van der Waals surface area (Å²) in [7, 11) is 1.60. The molecule has 0 saturated carbocycles. The Morgan fingerprint density at radius 3 is 2.93 bits per heavy atom. The van der Waals surface area contributed by atoms with Crippen molar-refractivity contribution in [2.24, 2.45) is 4.99 Å². The first-order valence-corrected chi connectivity index (χ1v) is 5.34. The van der Waals surface area contributed by atoms with E-state index in [4.69, 9.17) is 16.3 Å². The number of ether oxygens (including phenoxy) is 1. The van der Waals surface area contributed by atoms with E-state index in [0.29, 0.717) is 5.76 Å². The van der Waals surface area contributed by atoms with Crippen molar-refractivity contribution in [3.63, 3.8) is 0 Å². The predicted molar refractivity (Wildman–Crippen MR) is 59.7 cm³/mol. The van der Waals surface area contributed by atoms with Gasteiger partial charge >= 0.3 is 0 Å². The average molecular weight is 231 g/mol. The highest BCUT2D eigenvalue weighted by molar-refractivity contribution is 6.25. The molecular weight excluding hydrogens is 216 g/mol. The standard InChI is InChI=1S/C9H15ClN4O/c1-15-8-6-12-7-13-9(8,10)14-4-2-11-3-5-14/h6-7,11H,2-5H2,1H3,(H,12,13). The zero-order valence-electron chi connectivity index (χ0n) is 8.66. The van der Waals surface area contributed by atoms with Gasteiger partial charge in [0.05, 0.1) is 13.4 Å². The lowest BCUT2D eigenvalue weighted by atomic mass is 10.2. The summed E-state index contributed by atoms with van der Waals surface area (Å²) in [6.45, 7) is 3.58. The number of hydrogen-bond donors (Lipinski definition) is 2. The maximum Gasteiger partial charge on any atom is 0.250 e. The molecule has 0 radical (unpaired) electrons. The van der Waals surface area contributed by atoms with E-state index < -0.39 is 5.12 Å². The number of rotatable bonds is 2. The third-order valence-electron chi connectivity index (χ3n) is 2.59.